The van der Waals surface area contributed by atoms with Crippen molar-refractivity contribution in [2.75, 3.05) is 14.2 Å². The molecule has 1 heterocycles. The summed E-state index contributed by atoms with van der Waals surface area (Å²) in [6.45, 7) is 1.79. The van der Waals surface area contributed by atoms with Crippen LogP contribution in [0.4, 0.5) is 0 Å². The van der Waals surface area contributed by atoms with Gasteiger partial charge in [0.05, 0.1) is 20.3 Å². The lowest BCUT2D eigenvalue weighted by Crippen LogP contribution is -2.34. The van der Waals surface area contributed by atoms with Gasteiger partial charge in [0.1, 0.15) is 0 Å². The van der Waals surface area contributed by atoms with Crippen LogP contribution in [0.1, 0.15) is 25.0 Å². The normalized spacial score (nSPS) is 19.9. The summed E-state index contributed by atoms with van der Waals surface area (Å²) in [4.78, 5) is 11.4. The third kappa shape index (κ3) is 2.75. The SMILES string of the molecule is COc1ccc([C@H](O)[C@@H]2CC(=O)NN=C2C)cc1OC. The second kappa shape index (κ2) is 5.92. The van der Waals surface area contributed by atoms with Gasteiger partial charge in [-0.3, -0.25) is 4.79 Å². The fourth-order valence-corrected chi connectivity index (χ4v) is 2.24. The van der Waals surface area contributed by atoms with Gasteiger partial charge in [-0.2, -0.15) is 5.10 Å². The van der Waals surface area contributed by atoms with E-state index < -0.39 is 6.10 Å². The van der Waals surface area contributed by atoms with Crippen LogP contribution < -0.4 is 14.9 Å². The van der Waals surface area contributed by atoms with Crippen molar-refractivity contribution in [1.82, 2.24) is 5.43 Å². The van der Waals surface area contributed by atoms with Crippen LogP contribution in [0, 0.1) is 5.92 Å². The minimum atomic E-state index is -0.815. The highest BCUT2D eigenvalue weighted by molar-refractivity contribution is 5.93. The lowest BCUT2D eigenvalue weighted by atomic mass is 9.88. The molecule has 2 atom stereocenters. The fraction of sp³-hybridized carbons (Fsp3) is 0.429. The van der Waals surface area contributed by atoms with Crippen molar-refractivity contribution in [3.8, 4) is 11.5 Å². The highest BCUT2D eigenvalue weighted by atomic mass is 16.5. The van der Waals surface area contributed by atoms with Crippen LogP contribution in [0.2, 0.25) is 0 Å². The van der Waals surface area contributed by atoms with E-state index in [0.29, 0.717) is 22.8 Å². The van der Waals surface area contributed by atoms with Crippen molar-refractivity contribution in [3.63, 3.8) is 0 Å². The summed E-state index contributed by atoms with van der Waals surface area (Å²) >= 11 is 0. The average molecular weight is 278 g/mol. The van der Waals surface area contributed by atoms with E-state index in [-0.39, 0.29) is 18.2 Å². The molecule has 1 aromatic carbocycles. The zero-order valence-corrected chi connectivity index (χ0v) is 11.7. The van der Waals surface area contributed by atoms with Crippen molar-refractivity contribution in [1.29, 1.82) is 0 Å². The summed E-state index contributed by atoms with van der Waals surface area (Å²) in [5, 5.41) is 14.4. The largest absolute Gasteiger partial charge is 0.493 e. The first kappa shape index (κ1) is 14.3. The van der Waals surface area contributed by atoms with E-state index in [4.69, 9.17) is 9.47 Å². The van der Waals surface area contributed by atoms with E-state index in [0.717, 1.165) is 0 Å². The van der Waals surface area contributed by atoms with Gasteiger partial charge in [-0.05, 0) is 24.6 Å². The summed E-state index contributed by atoms with van der Waals surface area (Å²) in [5.41, 5.74) is 3.77. The van der Waals surface area contributed by atoms with E-state index in [1.165, 1.54) is 7.11 Å². The van der Waals surface area contributed by atoms with E-state index in [1.807, 2.05) is 0 Å². The third-order valence-electron chi connectivity index (χ3n) is 3.43. The quantitative estimate of drug-likeness (QED) is 0.868. The molecular weight excluding hydrogens is 260 g/mol. The number of aliphatic hydroxyl groups excluding tert-OH is 1. The van der Waals surface area contributed by atoms with Crippen LogP contribution in [0.15, 0.2) is 23.3 Å². The van der Waals surface area contributed by atoms with Gasteiger partial charge in [-0.1, -0.05) is 6.07 Å². The summed E-state index contributed by atoms with van der Waals surface area (Å²) in [6.07, 6.45) is -0.602. The van der Waals surface area contributed by atoms with Gasteiger partial charge < -0.3 is 14.6 Å². The molecule has 6 heteroatoms. The van der Waals surface area contributed by atoms with Gasteiger partial charge in [0, 0.05) is 18.1 Å². The van der Waals surface area contributed by atoms with Gasteiger partial charge in [-0.25, -0.2) is 5.43 Å². The number of nitrogens with one attached hydrogen (secondary N) is 1. The molecule has 0 aromatic heterocycles. The number of rotatable bonds is 4. The Labute approximate surface area is 117 Å². The molecular formula is C14H18N2O4. The minimum Gasteiger partial charge on any atom is -0.493 e. The zero-order valence-electron chi connectivity index (χ0n) is 11.7. The van der Waals surface area contributed by atoms with E-state index in [2.05, 4.69) is 10.5 Å². The summed E-state index contributed by atoms with van der Waals surface area (Å²) in [6, 6.07) is 5.20. The maximum atomic E-state index is 11.4. The number of amides is 1. The van der Waals surface area contributed by atoms with Crippen molar-refractivity contribution in [3.05, 3.63) is 23.8 Å². The van der Waals surface area contributed by atoms with Gasteiger partial charge in [0.15, 0.2) is 11.5 Å². The fourth-order valence-electron chi connectivity index (χ4n) is 2.24. The maximum Gasteiger partial charge on any atom is 0.240 e. The van der Waals surface area contributed by atoms with Crippen LogP contribution in [0.5, 0.6) is 11.5 Å². The Kier molecular flexibility index (Phi) is 4.24. The minimum absolute atomic E-state index is 0.194. The molecule has 6 nitrogen and oxygen atoms in total. The molecule has 0 aliphatic carbocycles. The molecule has 0 unspecified atom stereocenters. The number of carbonyl (C=O) groups is 1. The third-order valence-corrected chi connectivity index (χ3v) is 3.43. The Balaban J connectivity index is 2.29. The lowest BCUT2D eigenvalue weighted by Gasteiger charge is -2.26. The number of hydrogen-bond acceptors (Lipinski definition) is 5. The standard InChI is InChI=1S/C14H18N2O4/c1-8-10(7-13(17)16-15-8)14(18)9-4-5-11(19-2)12(6-9)20-3/h4-6,10,14,18H,7H2,1-3H3,(H,16,17)/t10-,14+/m1/s1. The van der Waals surface area contributed by atoms with Gasteiger partial charge >= 0.3 is 0 Å². The number of hydrazone groups is 1. The monoisotopic (exact) mass is 278 g/mol. The van der Waals surface area contributed by atoms with Crippen LogP contribution in [0.25, 0.3) is 0 Å². The Morgan fingerprint density at radius 3 is 2.70 bits per heavy atom. The summed E-state index contributed by atoms with van der Waals surface area (Å²) in [5.74, 6) is 0.608. The Morgan fingerprint density at radius 1 is 1.35 bits per heavy atom. The number of nitrogens with zero attached hydrogens (tertiary/aromatic N) is 1. The van der Waals surface area contributed by atoms with Crippen molar-refractivity contribution in [2.45, 2.75) is 19.4 Å². The number of ether oxygens (including phenoxy) is 2. The second-order valence-electron chi connectivity index (χ2n) is 4.66. The predicted octanol–water partition coefficient (Wildman–Crippen LogP) is 1.25. The number of methoxy groups -OCH3 is 2. The van der Waals surface area contributed by atoms with Crippen molar-refractivity contribution >= 4 is 11.6 Å². The van der Waals surface area contributed by atoms with Gasteiger partial charge in [-0.15, -0.1) is 0 Å². The molecule has 0 spiro atoms. The molecule has 1 amide bonds. The van der Waals surface area contributed by atoms with Crippen LogP contribution >= 0.6 is 0 Å². The van der Waals surface area contributed by atoms with Crippen LogP contribution in [-0.2, 0) is 4.79 Å². The number of carbonyl (C=O) groups excluding carboxylic acids is 1. The molecule has 0 saturated heterocycles. The molecule has 2 rings (SSSR count). The first-order valence-electron chi connectivity index (χ1n) is 6.29. The molecule has 1 aliphatic heterocycles. The predicted molar refractivity (Wildman–Crippen MR) is 73.9 cm³/mol. The summed E-state index contributed by atoms with van der Waals surface area (Å²) < 4.78 is 10.4. The van der Waals surface area contributed by atoms with E-state index >= 15 is 0 Å². The smallest absolute Gasteiger partial charge is 0.240 e. The lowest BCUT2D eigenvalue weighted by molar-refractivity contribution is -0.122. The second-order valence-corrected chi connectivity index (χ2v) is 4.66. The molecule has 108 valence electrons. The topological polar surface area (TPSA) is 80.2 Å². The Hall–Kier alpha value is -2.08. The van der Waals surface area contributed by atoms with Gasteiger partial charge in [0.25, 0.3) is 0 Å². The van der Waals surface area contributed by atoms with Gasteiger partial charge in [0.2, 0.25) is 5.91 Å². The maximum absolute atomic E-state index is 11.4. The molecule has 1 aliphatic rings. The van der Waals surface area contributed by atoms with Crippen molar-refractivity contribution < 1.29 is 19.4 Å². The molecule has 20 heavy (non-hydrogen) atoms. The highest BCUT2D eigenvalue weighted by Gasteiger charge is 2.29. The van der Waals surface area contributed by atoms with Crippen molar-refractivity contribution in [2.24, 2.45) is 11.0 Å². The first-order valence-corrected chi connectivity index (χ1v) is 6.29. The first-order chi connectivity index (χ1) is 9.56. The van der Waals surface area contributed by atoms with E-state index in [9.17, 15) is 9.90 Å². The molecule has 0 radical (unpaired) electrons. The number of aliphatic hydroxyl groups is 1. The highest BCUT2D eigenvalue weighted by Crippen LogP contribution is 2.34. The van der Waals surface area contributed by atoms with E-state index in [1.54, 1.807) is 32.2 Å². The molecule has 2 N–H and O–H groups in total. The molecule has 0 fully saturated rings. The summed E-state index contributed by atoms with van der Waals surface area (Å²) in [7, 11) is 3.09. The van der Waals surface area contributed by atoms with Crippen LogP contribution in [-0.4, -0.2) is 30.9 Å². The van der Waals surface area contributed by atoms with Crippen LogP contribution in [0.3, 0.4) is 0 Å². The molecule has 1 aromatic rings. The number of benzene rings is 1. The number of hydrogen-bond donors (Lipinski definition) is 2. The zero-order chi connectivity index (χ0) is 14.7. The Bertz CT molecular complexity index is 542. The Morgan fingerprint density at radius 2 is 2.05 bits per heavy atom. The molecule has 0 saturated carbocycles. The average Bonchev–Trinajstić information content (AvgIpc) is 2.48. The molecule has 0 bridgehead atoms.